The number of aliphatic hydroxyl groups excluding tert-OH is 1. The second-order valence-electron chi connectivity index (χ2n) is 4.57. The molecule has 0 heterocycles. The van der Waals surface area contributed by atoms with Crippen LogP contribution in [0.4, 0.5) is 0 Å². The van der Waals surface area contributed by atoms with Crippen LogP contribution < -0.4 is 9.47 Å². The molecule has 1 aromatic rings. The van der Waals surface area contributed by atoms with Gasteiger partial charge in [0.2, 0.25) is 0 Å². The van der Waals surface area contributed by atoms with Crippen molar-refractivity contribution in [2.75, 3.05) is 13.7 Å². The highest BCUT2D eigenvalue weighted by Crippen LogP contribution is 2.39. The molecule has 4 nitrogen and oxygen atoms in total. The summed E-state index contributed by atoms with van der Waals surface area (Å²) < 4.78 is 17.6. The number of hydrogen-bond acceptors (Lipinski definition) is 4. The average molecular weight is 331 g/mol. The Morgan fingerprint density at radius 3 is 2.84 bits per heavy atom. The van der Waals surface area contributed by atoms with Crippen LogP contribution in [0.5, 0.6) is 11.5 Å². The van der Waals surface area contributed by atoms with Gasteiger partial charge >= 0.3 is 0 Å². The zero-order chi connectivity index (χ0) is 13.8. The Labute approximate surface area is 121 Å². The van der Waals surface area contributed by atoms with Crippen molar-refractivity contribution in [3.05, 3.63) is 22.7 Å². The van der Waals surface area contributed by atoms with E-state index in [4.69, 9.17) is 14.2 Å². The fraction of sp³-hybridized carbons (Fsp3) is 0.571. The van der Waals surface area contributed by atoms with Crippen molar-refractivity contribution < 1.29 is 19.3 Å². The van der Waals surface area contributed by atoms with Gasteiger partial charge in [-0.3, -0.25) is 0 Å². The van der Waals surface area contributed by atoms with Crippen molar-refractivity contribution in [2.24, 2.45) is 0 Å². The van der Waals surface area contributed by atoms with E-state index in [1.807, 2.05) is 25.1 Å². The van der Waals surface area contributed by atoms with Crippen LogP contribution in [0, 0.1) is 0 Å². The lowest BCUT2D eigenvalue weighted by Gasteiger charge is -2.41. The van der Waals surface area contributed by atoms with Gasteiger partial charge in [-0.05, 0) is 34.5 Å². The molecule has 106 valence electrons. The molecule has 0 saturated heterocycles. The van der Waals surface area contributed by atoms with E-state index in [-0.39, 0.29) is 12.2 Å². The van der Waals surface area contributed by atoms with Gasteiger partial charge in [0.1, 0.15) is 12.2 Å². The van der Waals surface area contributed by atoms with E-state index in [1.54, 1.807) is 7.11 Å². The minimum Gasteiger partial charge on any atom is -0.493 e. The highest BCUT2D eigenvalue weighted by Gasteiger charge is 2.43. The van der Waals surface area contributed by atoms with Crippen molar-refractivity contribution in [3.8, 4) is 11.5 Å². The molecule has 0 bridgehead atoms. The lowest BCUT2D eigenvalue weighted by Crippen LogP contribution is -2.55. The summed E-state index contributed by atoms with van der Waals surface area (Å²) in [5, 5.41) is 9.73. The van der Waals surface area contributed by atoms with Crippen LogP contribution >= 0.6 is 15.9 Å². The van der Waals surface area contributed by atoms with Crippen LogP contribution in [-0.4, -0.2) is 37.1 Å². The van der Waals surface area contributed by atoms with Gasteiger partial charge in [0.15, 0.2) is 11.5 Å². The first-order chi connectivity index (χ1) is 9.17. The van der Waals surface area contributed by atoms with Gasteiger partial charge < -0.3 is 19.3 Å². The molecular weight excluding hydrogens is 312 g/mol. The van der Waals surface area contributed by atoms with Crippen molar-refractivity contribution >= 4 is 15.9 Å². The second-order valence-corrected chi connectivity index (χ2v) is 5.42. The fourth-order valence-corrected chi connectivity index (χ4v) is 2.50. The van der Waals surface area contributed by atoms with Crippen LogP contribution in [0.3, 0.4) is 0 Å². The maximum absolute atomic E-state index is 9.73. The molecule has 1 fully saturated rings. The average Bonchev–Trinajstić information content (AvgIpc) is 2.40. The van der Waals surface area contributed by atoms with Crippen molar-refractivity contribution in [2.45, 2.75) is 38.1 Å². The van der Waals surface area contributed by atoms with E-state index in [2.05, 4.69) is 15.9 Å². The number of methoxy groups -OCH3 is 1. The predicted octanol–water partition coefficient (Wildman–Crippen LogP) is 2.76. The normalized spacial score (nSPS) is 25.8. The van der Waals surface area contributed by atoms with Gasteiger partial charge in [-0.2, -0.15) is 0 Å². The van der Waals surface area contributed by atoms with Gasteiger partial charge in [-0.1, -0.05) is 13.0 Å². The van der Waals surface area contributed by atoms with Crippen LogP contribution in [-0.2, 0) is 4.74 Å². The number of halogens is 1. The largest absolute Gasteiger partial charge is 0.493 e. The molecule has 0 aliphatic heterocycles. The molecule has 1 aliphatic carbocycles. The monoisotopic (exact) mass is 330 g/mol. The van der Waals surface area contributed by atoms with Crippen LogP contribution in [0.1, 0.15) is 19.8 Å². The van der Waals surface area contributed by atoms with E-state index in [0.717, 1.165) is 10.9 Å². The Morgan fingerprint density at radius 1 is 1.42 bits per heavy atom. The first kappa shape index (κ1) is 14.6. The maximum Gasteiger partial charge on any atom is 0.175 e. The van der Waals surface area contributed by atoms with E-state index >= 15 is 0 Å². The standard InChI is InChI=1S/C14H19BrO4/c1-3-7-18-14-10(16)8-12(14)19-13-9(15)5-4-6-11(13)17-2/h4-6,10,12,14,16H,3,7-8H2,1-2H3. The van der Waals surface area contributed by atoms with Crippen molar-refractivity contribution in [1.29, 1.82) is 0 Å². The molecule has 3 unspecified atom stereocenters. The SMILES string of the molecule is CCCOC1C(O)CC1Oc1c(Br)cccc1OC. The molecule has 1 N–H and O–H groups in total. The van der Waals surface area contributed by atoms with Crippen LogP contribution in [0.25, 0.3) is 0 Å². The number of benzene rings is 1. The van der Waals surface area contributed by atoms with E-state index in [0.29, 0.717) is 24.5 Å². The summed E-state index contributed by atoms with van der Waals surface area (Å²) in [6.45, 7) is 2.67. The van der Waals surface area contributed by atoms with Gasteiger partial charge in [0.05, 0.1) is 17.7 Å². The second kappa shape index (κ2) is 6.59. The number of ether oxygens (including phenoxy) is 3. The zero-order valence-corrected chi connectivity index (χ0v) is 12.7. The van der Waals surface area contributed by atoms with E-state index < -0.39 is 6.10 Å². The fourth-order valence-electron chi connectivity index (χ4n) is 2.06. The molecule has 0 radical (unpaired) electrons. The topological polar surface area (TPSA) is 47.9 Å². The summed E-state index contributed by atoms with van der Waals surface area (Å²) in [5.41, 5.74) is 0. The number of para-hydroxylation sites is 1. The Hall–Kier alpha value is -0.780. The summed E-state index contributed by atoms with van der Waals surface area (Å²) in [5.74, 6) is 1.33. The highest BCUT2D eigenvalue weighted by atomic mass is 79.9. The first-order valence-corrected chi connectivity index (χ1v) is 7.25. The van der Waals surface area contributed by atoms with Gasteiger partial charge in [0, 0.05) is 13.0 Å². The van der Waals surface area contributed by atoms with Crippen LogP contribution in [0.2, 0.25) is 0 Å². The maximum atomic E-state index is 9.73. The lowest BCUT2D eigenvalue weighted by atomic mass is 9.88. The molecule has 19 heavy (non-hydrogen) atoms. The third-order valence-electron chi connectivity index (χ3n) is 3.15. The van der Waals surface area contributed by atoms with Crippen molar-refractivity contribution in [3.63, 3.8) is 0 Å². The molecule has 0 aromatic heterocycles. The third-order valence-corrected chi connectivity index (χ3v) is 3.78. The molecule has 1 aromatic carbocycles. The molecule has 1 aliphatic rings. The number of aliphatic hydroxyl groups is 1. The third kappa shape index (κ3) is 3.22. The lowest BCUT2D eigenvalue weighted by molar-refractivity contribution is -0.163. The molecule has 2 rings (SSSR count). The molecule has 5 heteroatoms. The number of hydrogen-bond donors (Lipinski definition) is 1. The van der Waals surface area contributed by atoms with Gasteiger partial charge in [0.25, 0.3) is 0 Å². The molecule has 3 atom stereocenters. The Kier molecular flexibility index (Phi) is 5.07. The van der Waals surface area contributed by atoms with Gasteiger partial charge in [-0.15, -0.1) is 0 Å². The van der Waals surface area contributed by atoms with Crippen LogP contribution in [0.15, 0.2) is 22.7 Å². The summed E-state index contributed by atoms with van der Waals surface area (Å²) in [6, 6.07) is 5.63. The predicted molar refractivity (Wildman–Crippen MR) is 75.8 cm³/mol. The quantitative estimate of drug-likeness (QED) is 0.871. The summed E-state index contributed by atoms with van der Waals surface area (Å²) in [7, 11) is 1.61. The number of rotatable bonds is 6. The first-order valence-electron chi connectivity index (χ1n) is 6.46. The minimum absolute atomic E-state index is 0.130. The van der Waals surface area contributed by atoms with E-state index in [9.17, 15) is 5.11 Å². The molecular formula is C14H19BrO4. The molecule has 0 amide bonds. The summed E-state index contributed by atoms with van der Waals surface area (Å²) in [6.07, 6.45) is 0.684. The Balaban J connectivity index is 2.05. The minimum atomic E-state index is -0.440. The zero-order valence-electron chi connectivity index (χ0n) is 11.1. The Morgan fingerprint density at radius 2 is 2.21 bits per heavy atom. The Bertz CT molecular complexity index is 424. The highest BCUT2D eigenvalue weighted by molar-refractivity contribution is 9.10. The van der Waals surface area contributed by atoms with Crippen molar-refractivity contribution in [1.82, 2.24) is 0 Å². The summed E-state index contributed by atoms with van der Waals surface area (Å²) >= 11 is 3.45. The molecule has 0 spiro atoms. The molecule has 1 saturated carbocycles. The smallest absolute Gasteiger partial charge is 0.175 e. The van der Waals surface area contributed by atoms with E-state index in [1.165, 1.54) is 0 Å². The summed E-state index contributed by atoms with van der Waals surface area (Å²) in [4.78, 5) is 0. The van der Waals surface area contributed by atoms with Gasteiger partial charge in [-0.25, -0.2) is 0 Å².